The number of halogens is 5. The van der Waals surface area contributed by atoms with Crippen molar-refractivity contribution in [1.29, 1.82) is 4.78 Å². The maximum Gasteiger partial charge on any atom is 0.420 e. The zero-order valence-corrected chi connectivity index (χ0v) is 20.2. The molecule has 5 rings (SSSR count). The van der Waals surface area contributed by atoms with Gasteiger partial charge in [0.2, 0.25) is 5.92 Å². The molecule has 2 unspecified atom stereocenters. The molecule has 36 heavy (non-hydrogen) atoms. The first-order valence-corrected chi connectivity index (χ1v) is 13.2. The number of nitrogens with zero attached hydrogens (tertiary/aromatic N) is 3. The third-order valence-electron chi connectivity index (χ3n) is 7.34. The molecule has 0 aliphatic heterocycles. The summed E-state index contributed by atoms with van der Waals surface area (Å²) in [6, 6.07) is 2.06. The predicted molar refractivity (Wildman–Crippen MR) is 117 cm³/mol. The molecule has 3 aliphatic carbocycles. The van der Waals surface area contributed by atoms with Crippen molar-refractivity contribution in [2.75, 3.05) is 11.6 Å². The third kappa shape index (κ3) is 4.33. The molecular weight excluding hydrogens is 509 g/mol. The molecule has 196 valence electrons. The Bertz CT molecular complexity index is 1370. The summed E-state index contributed by atoms with van der Waals surface area (Å²) in [5.41, 5.74) is -3.62. The third-order valence-corrected chi connectivity index (χ3v) is 8.43. The Morgan fingerprint density at radius 3 is 2.50 bits per heavy atom. The average molecular weight is 534 g/mol. The Balaban J connectivity index is 1.56. The molecule has 2 heterocycles. The lowest BCUT2D eigenvalue weighted by Crippen LogP contribution is -2.47. The van der Waals surface area contributed by atoms with Gasteiger partial charge in [-0.1, -0.05) is 6.92 Å². The van der Waals surface area contributed by atoms with E-state index in [4.69, 9.17) is 4.78 Å². The fraction of sp³-hybridized carbons (Fsp3) is 0.591. The standard InChI is InChI=1S/C22H24F5N5O3S/c1-19(9-21(23,24)10-19)11-31-17(15(22(25,26)27)16(30-31)13-8-20(13)4-5-20)18(33)29-12-3-6-32(34)14(7-12)36(2,28)35/h3,6-7,13,28H,4-5,8-11H2,1-2H3,(H,29,33). The molecule has 2 atom stereocenters. The molecule has 3 fully saturated rings. The topological polar surface area (TPSA) is 115 Å². The molecule has 0 saturated heterocycles. The lowest BCUT2D eigenvalue weighted by atomic mass is 9.67. The highest BCUT2D eigenvalue weighted by Gasteiger charge is 2.66. The van der Waals surface area contributed by atoms with Crippen LogP contribution in [0.3, 0.4) is 0 Å². The van der Waals surface area contributed by atoms with Gasteiger partial charge in [0.1, 0.15) is 21.0 Å². The minimum Gasteiger partial charge on any atom is -0.618 e. The maximum atomic E-state index is 14.3. The van der Waals surface area contributed by atoms with Gasteiger partial charge in [0.05, 0.1) is 11.4 Å². The average Bonchev–Trinajstić information content (AvgIpc) is 3.58. The van der Waals surface area contributed by atoms with E-state index < -0.39 is 68.2 Å². The first-order valence-electron chi connectivity index (χ1n) is 11.3. The first-order chi connectivity index (χ1) is 16.4. The van der Waals surface area contributed by atoms with E-state index in [0.29, 0.717) is 6.42 Å². The van der Waals surface area contributed by atoms with Crippen LogP contribution in [-0.4, -0.2) is 32.1 Å². The number of nitrogens with one attached hydrogen (secondary N) is 2. The van der Waals surface area contributed by atoms with Crippen LogP contribution in [0.2, 0.25) is 0 Å². The van der Waals surface area contributed by atoms with Crippen molar-refractivity contribution in [3.63, 3.8) is 0 Å². The summed E-state index contributed by atoms with van der Waals surface area (Å²) < 4.78 is 91.0. The van der Waals surface area contributed by atoms with E-state index in [0.717, 1.165) is 42.1 Å². The molecular formula is C22H24F5N5O3S. The van der Waals surface area contributed by atoms with E-state index in [9.17, 15) is 36.2 Å². The van der Waals surface area contributed by atoms with E-state index in [2.05, 4.69) is 10.4 Å². The Kier molecular flexibility index (Phi) is 5.11. The molecule has 2 N–H and O–H groups in total. The summed E-state index contributed by atoms with van der Waals surface area (Å²) in [5.74, 6) is -4.57. The van der Waals surface area contributed by atoms with Crippen LogP contribution in [0.4, 0.5) is 27.6 Å². The van der Waals surface area contributed by atoms with Gasteiger partial charge in [-0.05, 0) is 30.1 Å². The molecule has 0 radical (unpaired) electrons. The number of alkyl halides is 5. The summed E-state index contributed by atoms with van der Waals surface area (Å²) in [7, 11) is -3.50. The van der Waals surface area contributed by atoms with E-state index in [1.807, 2.05) is 0 Å². The lowest BCUT2D eigenvalue weighted by Gasteiger charge is -2.44. The fourth-order valence-electron chi connectivity index (χ4n) is 5.49. The highest BCUT2D eigenvalue weighted by Crippen LogP contribution is 2.75. The maximum absolute atomic E-state index is 14.3. The van der Waals surface area contributed by atoms with E-state index in [-0.39, 0.29) is 28.1 Å². The second kappa shape index (κ2) is 7.39. The van der Waals surface area contributed by atoms with Gasteiger partial charge in [-0.25, -0.2) is 17.8 Å². The van der Waals surface area contributed by atoms with Crippen molar-refractivity contribution in [3.8, 4) is 0 Å². The molecule has 0 bridgehead atoms. The Morgan fingerprint density at radius 1 is 1.36 bits per heavy atom. The molecule has 8 nitrogen and oxygen atoms in total. The molecule has 1 spiro atoms. The number of carbonyl (C=O) groups is 1. The van der Waals surface area contributed by atoms with Crippen molar-refractivity contribution in [2.24, 2.45) is 10.8 Å². The van der Waals surface area contributed by atoms with Crippen LogP contribution in [0.15, 0.2) is 23.4 Å². The van der Waals surface area contributed by atoms with Crippen LogP contribution in [0.25, 0.3) is 0 Å². The van der Waals surface area contributed by atoms with Crippen molar-refractivity contribution in [1.82, 2.24) is 9.78 Å². The zero-order chi connectivity index (χ0) is 26.5. The van der Waals surface area contributed by atoms with Crippen molar-refractivity contribution < 1.29 is 35.7 Å². The van der Waals surface area contributed by atoms with Gasteiger partial charge in [0.25, 0.3) is 10.9 Å². The van der Waals surface area contributed by atoms with Gasteiger partial charge in [-0.3, -0.25) is 9.48 Å². The number of amides is 1. The van der Waals surface area contributed by atoms with Crippen LogP contribution in [-0.2, 0) is 22.5 Å². The van der Waals surface area contributed by atoms with Crippen LogP contribution in [0.5, 0.6) is 0 Å². The SMILES string of the molecule is CC1(Cn2nc(C3CC34CC4)c(C(F)(F)F)c2C(=O)Nc2cc[n+]([O-])c(S(C)(=N)=O)c2)CC(F)(F)C1. The number of pyridine rings is 1. The number of hydrogen-bond acceptors (Lipinski definition) is 5. The minimum atomic E-state index is -4.93. The Hall–Kier alpha value is -2.77. The van der Waals surface area contributed by atoms with Gasteiger partial charge in [0.15, 0.2) is 6.20 Å². The molecule has 14 heteroatoms. The zero-order valence-electron chi connectivity index (χ0n) is 19.4. The normalized spacial score (nSPS) is 24.6. The Labute approximate surface area is 203 Å². The number of hydrogen-bond donors (Lipinski definition) is 2. The second-order valence-corrected chi connectivity index (χ2v) is 12.9. The van der Waals surface area contributed by atoms with E-state index >= 15 is 0 Å². The van der Waals surface area contributed by atoms with Gasteiger partial charge < -0.3 is 10.5 Å². The van der Waals surface area contributed by atoms with Gasteiger partial charge in [0, 0.05) is 43.7 Å². The summed E-state index contributed by atoms with van der Waals surface area (Å²) in [5, 5.41) is 17.9. The first kappa shape index (κ1) is 24.9. The summed E-state index contributed by atoms with van der Waals surface area (Å²) in [4.78, 5) is 13.3. The highest BCUT2D eigenvalue weighted by atomic mass is 32.2. The van der Waals surface area contributed by atoms with Crippen molar-refractivity contribution in [3.05, 3.63) is 40.5 Å². The van der Waals surface area contributed by atoms with E-state index in [1.54, 1.807) is 0 Å². The van der Waals surface area contributed by atoms with Crippen LogP contribution in [0, 0.1) is 20.8 Å². The largest absolute Gasteiger partial charge is 0.618 e. The Morgan fingerprint density at radius 2 is 2.00 bits per heavy atom. The van der Waals surface area contributed by atoms with Gasteiger partial charge in [-0.2, -0.15) is 23.0 Å². The highest BCUT2D eigenvalue weighted by molar-refractivity contribution is 7.91. The number of rotatable bonds is 6. The summed E-state index contributed by atoms with van der Waals surface area (Å²) in [6.07, 6.45) is -2.04. The monoisotopic (exact) mass is 533 g/mol. The molecule has 2 aromatic heterocycles. The number of carbonyl (C=O) groups excluding carboxylic acids is 1. The van der Waals surface area contributed by atoms with Gasteiger partial charge in [-0.15, -0.1) is 0 Å². The van der Waals surface area contributed by atoms with Crippen LogP contribution >= 0.6 is 0 Å². The van der Waals surface area contributed by atoms with E-state index in [1.165, 1.54) is 6.92 Å². The quantitative estimate of drug-likeness (QED) is 0.323. The van der Waals surface area contributed by atoms with Crippen molar-refractivity contribution >= 4 is 21.3 Å². The molecule has 0 aromatic carbocycles. The van der Waals surface area contributed by atoms with Crippen molar-refractivity contribution in [2.45, 2.75) is 68.6 Å². The molecule has 3 aliphatic rings. The predicted octanol–water partition coefficient (Wildman–Crippen LogP) is 4.53. The fourth-order valence-corrected chi connectivity index (χ4v) is 6.24. The smallest absolute Gasteiger partial charge is 0.420 e. The minimum absolute atomic E-state index is 0.141. The number of aromatic nitrogens is 3. The van der Waals surface area contributed by atoms with Gasteiger partial charge >= 0.3 is 6.18 Å². The summed E-state index contributed by atoms with van der Waals surface area (Å²) in [6.45, 7) is 1.22. The van der Waals surface area contributed by atoms with Crippen LogP contribution < -0.4 is 10.0 Å². The lowest BCUT2D eigenvalue weighted by molar-refractivity contribution is -0.646. The number of anilines is 1. The van der Waals surface area contributed by atoms with Crippen LogP contribution in [0.1, 0.15) is 66.7 Å². The molecule has 1 amide bonds. The molecule has 3 saturated carbocycles. The second-order valence-electron chi connectivity index (χ2n) is 10.8. The summed E-state index contributed by atoms with van der Waals surface area (Å²) >= 11 is 0. The molecule has 2 aromatic rings.